The number of hydrogen-bond acceptors (Lipinski definition) is 3. The van der Waals surface area contributed by atoms with E-state index in [9.17, 15) is 9.59 Å². The Bertz CT molecular complexity index is 516. The second-order valence-corrected chi connectivity index (χ2v) is 5.56. The summed E-state index contributed by atoms with van der Waals surface area (Å²) in [5.41, 5.74) is 7.02. The summed E-state index contributed by atoms with van der Waals surface area (Å²) in [6, 6.07) is 6.82. The Morgan fingerprint density at radius 2 is 1.95 bits per heavy atom. The van der Waals surface area contributed by atoms with Crippen LogP contribution in [0.25, 0.3) is 0 Å². The molecule has 1 saturated carbocycles. The van der Waals surface area contributed by atoms with E-state index in [0.717, 1.165) is 31.2 Å². The Morgan fingerprint density at radius 1 is 1.24 bits per heavy atom. The first-order chi connectivity index (χ1) is 10.1. The molecular weight excluding hydrogens is 268 g/mol. The van der Waals surface area contributed by atoms with Crippen LogP contribution in [0.1, 0.15) is 41.6 Å². The first-order valence-corrected chi connectivity index (χ1v) is 7.44. The van der Waals surface area contributed by atoms with Crippen molar-refractivity contribution < 1.29 is 14.7 Å². The molecule has 5 heteroatoms. The highest BCUT2D eigenvalue weighted by Crippen LogP contribution is 2.22. The molecule has 0 radical (unpaired) electrons. The van der Waals surface area contributed by atoms with Crippen LogP contribution in [-0.2, 0) is 11.2 Å². The summed E-state index contributed by atoms with van der Waals surface area (Å²) in [6.07, 6.45) is 4.40. The van der Waals surface area contributed by atoms with E-state index in [1.807, 2.05) is 0 Å². The molecule has 0 aromatic heterocycles. The summed E-state index contributed by atoms with van der Waals surface area (Å²) in [5, 5.41) is 12.0. The minimum atomic E-state index is -0.939. The van der Waals surface area contributed by atoms with Gasteiger partial charge in [0.15, 0.2) is 0 Å². The quantitative estimate of drug-likeness (QED) is 0.767. The van der Waals surface area contributed by atoms with E-state index in [-0.39, 0.29) is 17.9 Å². The Labute approximate surface area is 124 Å². The Balaban J connectivity index is 1.87. The van der Waals surface area contributed by atoms with Crippen molar-refractivity contribution in [3.63, 3.8) is 0 Å². The van der Waals surface area contributed by atoms with Gasteiger partial charge in [-0.15, -0.1) is 0 Å². The SMILES string of the molecule is NC1CCCCC1C(=O)NCCc1ccccc1C(=O)O. The summed E-state index contributed by atoms with van der Waals surface area (Å²) in [7, 11) is 0. The van der Waals surface area contributed by atoms with Crippen LogP contribution in [-0.4, -0.2) is 29.6 Å². The molecule has 2 rings (SSSR count). The highest BCUT2D eigenvalue weighted by atomic mass is 16.4. The molecule has 0 bridgehead atoms. The molecule has 5 nitrogen and oxygen atoms in total. The van der Waals surface area contributed by atoms with Gasteiger partial charge in [0.2, 0.25) is 5.91 Å². The summed E-state index contributed by atoms with van der Waals surface area (Å²) < 4.78 is 0. The Kier molecular flexibility index (Phi) is 5.33. The molecule has 0 spiro atoms. The molecular formula is C16H22N2O3. The third kappa shape index (κ3) is 4.04. The van der Waals surface area contributed by atoms with Gasteiger partial charge in [0, 0.05) is 12.6 Å². The molecule has 2 unspecified atom stereocenters. The van der Waals surface area contributed by atoms with Crippen molar-refractivity contribution in [1.29, 1.82) is 0 Å². The van der Waals surface area contributed by atoms with Gasteiger partial charge in [-0.1, -0.05) is 31.0 Å². The van der Waals surface area contributed by atoms with Crippen LogP contribution >= 0.6 is 0 Å². The van der Waals surface area contributed by atoms with Crippen molar-refractivity contribution in [3.05, 3.63) is 35.4 Å². The third-order valence-corrected chi connectivity index (χ3v) is 4.10. The molecule has 0 heterocycles. The largest absolute Gasteiger partial charge is 0.478 e. The van der Waals surface area contributed by atoms with Gasteiger partial charge < -0.3 is 16.2 Å². The molecule has 114 valence electrons. The van der Waals surface area contributed by atoms with Crippen molar-refractivity contribution in [3.8, 4) is 0 Å². The average Bonchev–Trinajstić information content (AvgIpc) is 2.48. The van der Waals surface area contributed by atoms with Crippen LogP contribution in [0.5, 0.6) is 0 Å². The van der Waals surface area contributed by atoms with E-state index in [4.69, 9.17) is 10.8 Å². The lowest BCUT2D eigenvalue weighted by atomic mass is 9.84. The van der Waals surface area contributed by atoms with Gasteiger partial charge in [-0.25, -0.2) is 4.79 Å². The summed E-state index contributed by atoms with van der Waals surface area (Å²) >= 11 is 0. The van der Waals surface area contributed by atoms with Crippen molar-refractivity contribution in [2.75, 3.05) is 6.54 Å². The lowest BCUT2D eigenvalue weighted by Gasteiger charge is -2.27. The van der Waals surface area contributed by atoms with Crippen LogP contribution in [0.15, 0.2) is 24.3 Å². The standard InChI is InChI=1S/C16H22N2O3/c17-14-8-4-3-7-13(14)15(19)18-10-9-11-5-1-2-6-12(11)16(20)21/h1-2,5-6,13-14H,3-4,7-10,17H2,(H,18,19)(H,20,21). The molecule has 4 N–H and O–H groups in total. The van der Waals surface area contributed by atoms with Gasteiger partial charge >= 0.3 is 5.97 Å². The van der Waals surface area contributed by atoms with E-state index in [2.05, 4.69) is 5.32 Å². The minimum absolute atomic E-state index is 0.00462. The number of rotatable bonds is 5. The molecule has 1 amide bonds. The topological polar surface area (TPSA) is 92.4 Å². The molecule has 1 aromatic rings. The monoisotopic (exact) mass is 290 g/mol. The molecule has 1 fully saturated rings. The molecule has 1 aliphatic rings. The fraction of sp³-hybridized carbons (Fsp3) is 0.500. The lowest BCUT2D eigenvalue weighted by molar-refractivity contribution is -0.126. The number of amides is 1. The number of aromatic carboxylic acids is 1. The van der Waals surface area contributed by atoms with E-state index >= 15 is 0 Å². The first-order valence-electron chi connectivity index (χ1n) is 7.44. The number of nitrogens with one attached hydrogen (secondary N) is 1. The number of hydrogen-bond donors (Lipinski definition) is 3. The number of carbonyl (C=O) groups is 2. The molecule has 0 saturated heterocycles. The normalized spacial score (nSPS) is 21.8. The molecule has 21 heavy (non-hydrogen) atoms. The zero-order valence-corrected chi connectivity index (χ0v) is 12.0. The first kappa shape index (κ1) is 15.5. The van der Waals surface area contributed by atoms with Crippen molar-refractivity contribution in [1.82, 2.24) is 5.32 Å². The summed E-state index contributed by atoms with van der Waals surface area (Å²) in [5.74, 6) is -1.05. The van der Waals surface area contributed by atoms with Gasteiger partial charge in [-0.2, -0.15) is 0 Å². The maximum absolute atomic E-state index is 12.1. The molecule has 1 aliphatic carbocycles. The van der Waals surface area contributed by atoms with Crippen LogP contribution < -0.4 is 11.1 Å². The number of carboxylic acid groups (broad SMARTS) is 1. The van der Waals surface area contributed by atoms with Crippen LogP contribution in [0.4, 0.5) is 0 Å². The number of nitrogens with two attached hydrogens (primary N) is 1. The van der Waals surface area contributed by atoms with Crippen LogP contribution in [0.3, 0.4) is 0 Å². The zero-order valence-electron chi connectivity index (χ0n) is 12.0. The highest BCUT2D eigenvalue weighted by molar-refractivity contribution is 5.89. The maximum atomic E-state index is 12.1. The predicted octanol–water partition coefficient (Wildman–Crippen LogP) is 1.56. The smallest absolute Gasteiger partial charge is 0.335 e. The van der Waals surface area contributed by atoms with Crippen molar-refractivity contribution in [2.24, 2.45) is 11.7 Å². The molecule has 2 atom stereocenters. The van der Waals surface area contributed by atoms with E-state index in [1.165, 1.54) is 0 Å². The summed E-state index contributed by atoms with van der Waals surface area (Å²) in [6.45, 7) is 0.437. The number of benzene rings is 1. The maximum Gasteiger partial charge on any atom is 0.335 e. The van der Waals surface area contributed by atoms with Crippen molar-refractivity contribution in [2.45, 2.75) is 38.1 Å². The minimum Gasteiger partial charge on any atom is -0.478 e. The lowest BCUT2D eigenvalue weighted by Crippen LogP contribution is -2.44. The average molecular weight is 290 g/mol. The van der Waals surface area contributed by atoms with Gasteiger partial charge in [-0.3, -0.25) is 4.79 Å². The van der Waals surface area contributed by atoms with Gasteiger partial charge in [-0.05, 0) is 30.9 Å². The number of carboxylic acids is 1. The predicted molar refractivity (Wildman–Crippen MR) is 80.0 cm³/mol. The number of carbonyl (C=O) groups excluding carboxylic acids is 1. The molecule has 0 aliphatic heterocycles. The Morgan fingerprint density at radius 3 is 2.67 bits per heavy atom. The van der Waals surface area contributed by atoms with Crippen LogP contribution in [0, 0.1) is 5.92 Å². The summed E-state index contributed by atoms with van der Waals surface area (Å²) in [4.78, 5) is 23.2. The van der Waals surface area contributed by atoms with Gasteiger partial charge in [0.25, 0.3) is 0 Å². The van der Waals surface area contributed by atoms with E-state index in [0.29, 0.717) is 18.5 Å². The molecule has 1 aromatic carbocycles. The van der Waals surface area contributed by atoms with Crippen LogP contribution in [0.2, 0.25) is 0 Å². The second-order valence-electron chi connectivity index (χ2n) is 5.56. The zero-order chi connectivity index (χ0) is 15.2. The van der Waals surface area contributed by atoms with Crippen molar-refractivity contribution >= 4 is 11.9 Å². The van der Waals surface area contributed by atoms with E-state index < -0.39 is 5.97 Å². The highest BCUT2D eigenvalue weighted by Gasteiger charge is 2.27. The van der Waals surface area contributed by atoms with Gasteiger partial charge in [0.05, 0.1) is 11.5 Å². The fourth-order valence-electron chi connectivity index (χ4n) is 2.88. The van der Waals surface area contributed by atoms with E-state index in [1.54, 1.807) is 24.3 Å². The second kappa shape index (κ2) is 7.22. The fourth-order valence-corrected chi connectivity index (χ4v) is 2.88. The Hall–Kier alpha value is -1.88. The van der Waals surface area contributed by atoms with Gasteiger partial charge in [0.1, 0.15) is 0 Å². The third-order valence-electron chi connectivity index (χ3n) is 4.10.